The summed E-state index contributed by atoms with van der Waals surface area (Å²) in [5.41, 5.74) is 2.34. The second kappa shape index (κ2) is 7.74. The molecular weight excluding hydrogens is 356 g/mol. The van der Waals surface area contributed by atoms with Crippen LogP contribution in [-0.4, -0.2) is 65.1 Å². The third kappa shape index (κ3) is 3.50. The van der Waals surface area contributed by atoms with Gasteiger partial charge in [-0.25, -0.2) is 0 Å². The summed E-state index contributed by atoms with van der Waals surface area (Å²) >= 11 is 0. The molecule has 0 unspecified atom stereocenters. The van der Waals surface area contributed by atoms with E-state index >= 15 is 0 Å². The average molecular weight is 386 g/mol. The monoisotopic (exact) mass is 386 g/mol. The molecule has 6 nitrogen and oxygen atoms in total. The molecule has 1 aromatic carbocycles. The first kappa shape index (κ1) is 19.2. The minimum absolute atomic E-state index is 0.0137. The summed E-state index contributed by atoms with van der Waals surface area (Å²) in [6, 6.07) is 5.85. The van der Waals surface area contributed by atoms with Crippen molar-refractivity contribution in [3.8, 4) is 5.75 Å². The molecular formula is C22H30N2O4. The lowest BCUT2D eigenvalue weighted by atomic mass is 9.72. The molecule has 3 heterocycles. The van der Waals surface area contributed by atoms with E-state index < -0.39 is 0 Å². The van der Waals surface area contributed by atoms with E-state index in [0.717, 1.165) is 24.8 Å². The molecule has 3 fully saturated rings. The molecule has 1 aromatic rings. The number of aryl methyl sites for hydroxylation is 2. The summed E-state index contributed by atoms with van der Waals surface area (Å²) in [6.07, 6.45) is 3.45. The lowest BCUT2D eigenvalue weighted by Gasteiger charge is -2.56. The molecule has 4 atom stereocenters. The highest BCUT2D eigenvalue weighted by Crippen LogP contribution is 2.41. The smallest absolute Gasteiger partial charge is 0.260 e. The van der Waals surface area contributed by atoms with Gasteiger partial charge in [-0.1, -0.05) is 6.07 Å². The average Bonchev–Trinajstić information content (AvgIpc) is 2.69. The number of rotatable bonds is 4. The number of carbonyl (C=O) groups is 2. The number of aliphatic hydroxyl groups is 1. The maximum Gasteiger partial charge on any atom is 0.260 e. The second-order valence-corrected chi connectivity index (χ2v) is 8.60. The van der Waals surface area contributed by atoms with Crippen molar-refractivity contribution in [1.82, 2.24) is 9.80 Å². The lowest BCUT2D eigenvalue weighted by Crippen LogP contribution is -2.66. The molecule has 0 aliphatic carbocycles. The van der Waals surface area contributed by atoms with Gasteiger partial charge in [-0.3, -0.25) is 9.59 Å². The van der Waals surface area contributed by atoms with Crippen molar-refractivity contribution in [2.75, 3.05) is 26.3 Å². The Kier molecular flexibility index (Phi) is 5.32. The zero-order valence-corrected chi connectivity index (χ0v) is 16.8. The van der Waals surface area contributed by atoms with Gasteiger partial charge < -0.3 is 19.6 Å². The number of aliphatic hydroxyl groups excluding tert-OH is 1. The number of fused-ring (bicyclic) bond motifs is 4. The Bertz CT molecular complexity index is 751. The van der Waals surface area contributed by atoms with Crippen LogP contribution in [-0.2, 0) is 9.59 Å². The Hall–Kier alpha value is -2.08. The van der Waals surface area contributed by atoms with Crippen LogP contribution in [0, 0.1) is 25.7 Å². The zero-order chi connectivity index (χ0) is 19.8. The molecule has 4 rings (SSSR count). The summed E-state index contributed by atoms with van der Waals surface area (Å²) in [6.45, 7) is 5.35. The van der Waals surface area contributed by atoms with Gasteiger partial charge in [0.25, 0.3) is 5.91 Å². The SMILES string of the molecule is Cc1ccc(OCC(=O)N2C[C@H]3C[C@@H](C2)[C@H](CO)N2C(=O)CCC[C@@H]32)cc1C. The van der Waals surface area contributed by atoms with Gasteiger partial charge in [0.2, 0.25) is 5.91 Å². The summed E-state index contributed by atoms with van der Waals surface area (Å²) in [5, 5.41) is 9.96. The van der Waals surface area contributed by atoms with Crippen LogP contribution in [0.5, 0.6) is 5.75 Å². The largest absolute Gasteiger partial charge is 0.484 e. The third-order valence-corrected chi connectivity index (χ3v) is 6.88. The number of ether oxygens (including phenoxy) is 1. The van der Waals surface area contributed by atoms with Crippen LogP contribution < -0.4 is 4.74 Å². The zero-order valence-electron chi connectivity index (χ0n) is 16.8. The van der Waals surface area contributed by atoms with E-state index in [1.165, 1.54) is 5.56 Å². The van der Waals surface area contributed by atoms with Crippen LogP contribution in [0.3, 0.4) is 0 Å². The first-order valence-electron chi connectivity index (χ1n) is 10.4. The fraction of sp³-hybridized carbons (Fsp3) is 0.636. The lowest BCUT2D eigenvalue weighted by molar-refractivity contribution is -0.159. The molecule has 2 amide bonds. The molecule has 6 heteroatoms. The Morgan fingerprint density at radius 3 is 2.75 bits per heavy atom. The Labute approximate surface area is 166 Å². The maximum absolute atomic E-state index is 12.8. The fourth-order valence-corrected chi connectivity index (χ4v) is 5.25. The number of amides is 2. The summed E-state index contributed by atoms with van der Waals surface area (Å²) in [5.74, 6) is 1.32. The number of likely N-dealkylation sites (tertiary alicyclic amines) is 1. The van der Waals surface area contributed by atoms with Gasteiger partial charge in [0.05, 0.1) is 12.6 Å². The summed E-state index contributed by atoms with van der Waals surface area (Å²) < 4.78 is 5.75. The van der Waals surface area contributed by atoms with Crippen LogP contribution in [0.15, 0.2) is 18.2 Å². The molecule has 2 bridgehead atoms. The highest BCUT2D eigenvalue weighted by molar-refractivity contribution is 5.79. The Balaban J connectivity index is 1.43. The molecule has 3 aliphatic heterocycles. The van der Waals surface area contributed by atoms with Crippen molar-refractivity contribution in [1.29, 1.82) is 0 Å². The van der Waals surface area contributed by atoms with E-state index in [-0.39, 0.29) is 43.0 Å². The number of hydrogen-bond donors (Lipinski definition) is 1. The number of carbonyl (C=O) groups excluding carboxylic acids is 2. The maximum atomic E-state index is 12.8. The quantitative estimate of drug-likeness (QED) is 0.858. The molecule has 0 aromatic heterocycles. The van der Waals surface area contributed by atoms with Crippen LogP contribution in [0.25, 0.3) is 0 Å². The van der Waals surface area contributed by atoms with E-state index in [1.807, 2.05) is 41.8 Å². The first-order valence-corrected chi connectivity index (χ1v) is 10.4. The molecule has 3 saturated heterocycles. The van der Waals surface area contributed by atoms with Crippen molar-refractivity contribution in [2.45, 2.75) is 51.6 Å². The van der Waals surface area contributed by atoms with Gasteiger partial charge in [0, 0.05) is 25.6 Å². The van der Waals surface area contributed by atoms with Gasteiger partial charge in [-0.15, -0.1) is 0 Å². The van der Waals surface area contributed by atoms with Crippen molar-refractivity contribution in [2.24, 2.45) is 11.8 Å². The third-order valence-electron chi connectivity index (χ3n) is 6.88. The first-order chi connectivity index (χ1) is 13.5. The van der Waals surface area contributed by atoms with Crippen LogP contribution in [0.4, 0.5) is 0 Å². The van der Waals surface area contributed by atoms with E-state index in [1.54, 1.807) is 0 Å². The van der Waals surface area contributed by atoms with Crippen molar-refractivity contribution < 1.29 is 19.4 Å². The highest BCUT2D eigenvalue weighted by atomic mass is 16.5. The highest BCUT2D eigenvalue weighted by Gasteiger charge is 2.49. The van der Waals surface area contributed by atoms with Gasteiger partial charge in [0.15, 0.2) is 6.61 Å². The van der Waals surface area contributed by atoms with Crippen LogP contribution in [0.2, 0.25) is 0 Å². The van der Waals surface area contributed by atoms with Crippen LogP contribution in [0.1, 0.15) is 36.8 Å². The summed E-state index contributed by atoms with van der Waals surface area (Å²) in [4.78, 5) is 29.1. The van der Waals surface area contributed by atoms with Gasteiger partial charge >= 0.3 is 0 Å². The molecule has 152 valence electrons. The second-order valence-electron chi connectivity index (χ2n) is 8.60. The minimum atomic E-state index is -0.162. The minimum Gasteiger partial charge on any atom is -0.484 e. The number of benzene rings is 1. The van der Waals surface area contributed by atoms with Gasteiger partial charge in [-0.05, 0) is 68.2 Å². The molecule has 0 saturated carbocycles. The van der Waals surface area contributed by atoms with E-state index in [2.05, 4.69) is 0 Å². The van der Waals surface area contributed by atoms with E-state index in [9.17, 15) is 14.7 Å². The topological polar surface area (TPSA) is 70.1 Å². The Morgan fingerprint density at radius 1 is 1.21 bits per heavy atom. The molecule has 0 spiro atoms. The van der Waals surface area contributed by atoms with E-state index in [4.69, 9.17) is 4.74 Å². The molecule has 3 aliphatic rings. The van der Waals surface area contributed by atoms with Crippen molar-refractivity contribution >= 4 is 11.8 Å². The van der Waals surface area contributed by atoms with Gasteiger partial charge in [0.1, 0.15) is 5.75 Å². The molecule has 28 heavy (non-hydrogen) atoms. The predicted octanol–water partition coefficient (Wildman–Crippen LogP) is 1.90. The number of nitrogens with zero attached hydrogens (tertiary/aromatic N) is 2. The predicted molar refractivity (Wildman–Crippen MR) is 105 cm³/mol. The summed E-state index contributed by atoms with van der Waals surface area (Å²) in [7, 11) is 0. The van der Waals surface area contributed by atoms with E-state index in [0.29, 0.717) is 31.2 Å². The Morgan fingerprint density at radius 2 is 2.00 bits per heavy atom. The molecule has 0 radical (unpaired) electrons. The number of hydrogen-bond acceptors (Lipinski definition) is 4. The fourth-order valence-electron chi connectivity index (χ4n) is 5.25. The van der Waals surface area contributed by atoms with Crippen molar-refractivity contribution in [3.05, 3.63) is 29.3 Å². The molecule has 1 N–H and O–H groups in total. The van der Waals surface area contributed by atoms with Crippen molar-refractivity contribution in [3.63, 3.8) is 0 Å². The normalized spacial score (nSPS) is 29.5. The standard InChI is InChI=1S/C22H30N2O4/c1-14-6-7-18(8-15(14)2)28-13-22(27)23-10-16-9-17(11-23)20(12-25)24-19(16)4-3-5-21(24)26/h6-8,16-17,19-20,25H,3-5,9-13H2,1-2H3/t16-,17+,19+,20+/m1/s1. The van der Waals surface area contributed by atoms with Gasteiger partial charge in [-0.2, -0.15) is 0 Å². The van der Waals surface area contributed by atoms with Crippen LogP contribution >= 0.6 is 0 Å². The number of piperidine rings is 3.